The van der Waals surface area contributed by atoms with Crippen LogP contribution in [0.3, 0.4) is 0 Å². The Hall–Kier alpha value is -1.35. The quantitative estimate of drug-likeness (QED) is 0.409. The first-order chi connectivity index (χ1) is 8.22. The van der Waals surface area contributed by atoms with E-state index in [2.05, 4.69) is 19.4 Å². The Bertz CT molecular complexity index is 368. The summed E-state index contributed by atoms with van der Waals surface area (Å²) in [5.74, 6) is 2.06. The standard InChI is InChI=1S/C8H13N5O2S2/c1-9-8(5-13(14)15)10-2-3-16-6-7-4-11-17-12-7/h4-5,9-10H,2-3,6H2,1H3. The third-order valence-corrected chi connectivity index (χ3v) is 3.23. The molecule has 0 radical (unpaired) electrons. The fourth-order valence-corrected chi connectivity index (χ4v) is 2.24. The van der Waals surface area contributed by atoms with Gasteiger partial charge in [0.05, 0.1) is 28.5 Å². The van der Waals surface area contributed by atoms with Gasteiger partial charge in [-0.15, -0.1) is 0 Å². The molecule has 94 valence electrons. The lowest BCUT2D eigenvalue weighted by molar-refractivity contribution is -0.404. The monoisotopic (exact) mass is 275 g/mol. The SMILES string of the molecule is CNC(=C[N+](=O)[O-])NCCSCc1cnsn1. The molecule has 2 N–H and O–H groups in total. The van der Waals surface area contributed by atoms with E-state index in [-0.39, 0.29) is 0 Å². The third-order valence-electron chi connectivity index (χ3n) is 1.72. The number of nitrogens with zero attached hydrogens (tertiary/aromatic N) is 3. The Labute approximate surface area is 107 Å². The molecule has 0 spiro atoms. The average molecular weight is 275 g/mol. The second-order valence-corrected chi connectivity index (χ2v) is 4.62. The molecule has 0 aliphatic rings. The van der Waals surface area contributed by atoms with Gasteiger partial charge in [0.15, 0.2) is 5.82 Å². The molecule has 0 atom stereocenters. The molecule has 0 saturated carbocycles. The molecule has 0 aliphatic carbocycles. The third kappa shape index (κ3) is 6.07. The molecule has 1 heterocycles. The minimum atomic E-state index is -0.493. The second kappa shape index (κ2) is 7.85. The normalized spacial score (nSPS) is 11.2. The zero-order valence-electron chi connectivity index (χ0n) is 9.25. The van der Waals surface area contributed by atoms with E-state index in [0.717, 1.165) is 23.4 Å². The second-order valence-electron chi connectivity index (χ2n) is 2.96. The van der Waals surface area contributed by atoms with Crippen LogP contribution in [0.15, 0.2) is 18.2 Å². The van der Waals surface area contributed by atoms with Gasteiger partial charge in [-0.05, 0) is 0 Å². The van der Waals surface area contributed by atoms with Crippen LogP contribution in [0.1, 0.15) is 5.69 Å². The van der Waals surface area contributed by atoms with E-state index in [1.807, 2.05) is 0 Å². The van der Waals surface area contributed by atoms with E-state index in [9.17, 15) is 10.1 Å². The fourth-order valence-electron chi connectivity index (χ4n) is 0.986. The zero-order chi connectivity index (χ0) is 12.5. The van der Waals surface area contributed by atoms with E-state index in [0.29, 0.717) is 12.4 Å². The predicted octanol–water partition coefficient (Wildman–Crippen LogP) is 0.656. The van der Waals surface area contributed by atoms with Crippen LogP contribution in [0.2, 0.25) is 0 Å². The van der Waals surface area contributed by atoms with Crippen LogP contribution >= 0.6 is 23.5 Å². The van der Waals surface area contributed by atoms with Crippen LogP contribution in [0.5, 0.6) is 0 Å². The maximum Gasteiger partial charge on any atom is 0.274 e. The van der Waals surface area contributed by atoms with Crippen molar-refractivity contribution in [1.29, 1.82) is 0 Å². The van der Waals surface area contributed by atoms with E-state index >= 15 is 0 Å². The van der Waals surface area contributed by atoms with E-state index in [4.69, 9.17) is 0 Å². The average Bonchev–Trinajstić information content (AvgIpc) is 2.79. The zero-order valence-corrected chi connectivity index (χ0v) is 10.9. The van der Waals surface area contributed by atoms with Crippen molar-refractivity contribution in [2.24, 2.45) is 0 Å². The van der Waals surface area contributed by atoms with E-state index in [1.165, 1.54) is 11.7 Å². The molecule has 0 saturated heterocycles. The van der Waals surface area contributed by atoms with Crippen LogP contribution in [0, 0.1) is 10.1 Å². The lowest BCUT2D eigenvalue weighted by Gasteiger charge is -2.06. The van der Waals surface area contributed by atoms with Crippen molar-refractivity contribution in [2.75, 3.05) is 19.3 Å². The summed E-state index contributed by atoms with van der Waals surface area (Å²) in [5, 5.41) is 15.9. The van der Waals surface area contributed by atoms with Crippen LogP contribution in [0.4, 0.5) is 0 Å². The molecular weight excluding hydrogens is 262 g/mol. The Balaban J connectivity index is 2.13. The summed E-state index contributed by atoms with van der Waals surface area (Å²) in [6.07, 6.45) is 2.66. The first-order valence-corrected chi connectivity index (χ1v) is 6.72. The Morgan fingerprint density at radius 3 is 3.18 bits per heavy atom. The number of nitro groups is 1. The maximum atomic E-state index is 10.2. The molecule has 1 aromatic rings. The molecule has 0 aromatic carbocycles. The number of nitrogens with one attached hydrogen (secondary N) is 2. The first-order valence-electron chi connectivity index (χ1n) is 4.83. The van der Waals surface area contributed by atoms with Crippen molar-refractivity contribution in [3.05, 3.63) is 34.0 Å². The van der Waals surface area contributed by atoms with Gasteiger partial charge >= 0.3 is 0 Å². The van der Waals surface area contributed by atoms with Gasteiger partial charge in [0, 0.05) is 25.1 Å². The lowest BCUT2D eigenvalue weighted by Crippen LogP contribution is -2.26. The minimum absolute atomic E-state index is 0.408. The highest BCUT2D eigenvalue weighted by Gasteiger charge is 2.00. The number of hydrogen-bond donors (Lipinski definition) is 2. The van der Waals surface area contributed by atoms with Gasteiger partial charge in [0.25, 0.3) is 6.20 Å². The lowest BCUT2D eigenvalue weighted by atomic mass is 10.6. The van der Waals surface area contributed by atoms with Crippen molar-refractivity contribution < 1.29 is 4.92 Å². The topological polar surface area (TPSA) is 93.0 Å². The molecule has 1 aromatic heterocycles. The molecule has 0 unspecified atom stereocenters. The van der Waals surface area contributed by atoms with Gasteiger partial charge in [-0.2, -0.15) is 20.5 Å². The first kappa shape index (κ1) is 13.7. The molecule has 9 heteroatoms. The van der Waals surface area contributed by atoms with Crippen LogP contribution < -0.4 is 10.6 Å². The smallest absolute Gasteiger partial charge is 0.274 e. The van der Waals surface area contributed by atoms with Gasteiger partial charge in [-0.3, -0.25) is 10.1 Å². The summed E-state index contributed by atoms with van der Waals surface area (Å²) in [6.45, 7) is 0.656. The van der Waals surface area contributed by atoms with E-state index in [1.54, 1.807) is 25.0 Å². The molecule has 7 nitrogen and oxygen atoms in total. The number of hydrogen-bond acceptors (Lipinski definition) is 8. The number of rotatable bonds is 8. The summed E-state index contributed by atoms with van der Waals surface area (Å²) in [7, 11) is 1.64. The molecule has 0 amide bonds. The van der Waals surface area contributed by atoms with Gasteiger partial charge in [-0.1, -0.05) is 0 Å². The fraction of sp³-hybridized carbons (Fsp3) is 0.500. The van der Waals surface area contributed by atoms with Gasteiger partial charge in [0.2, 0.25) is 0 Å². The number of aromatic nitrogens is 2. The Morgan fingerprint density at radius 2 is 2.59 bits per heavy atom. The summed E-state index contributed by atoms with van der Waals surface area (Å²) >= 11 is 2.89. The van der Waals surface area contributed by atoms with Crippen LogP contribution in [0.25, 0.3) is 0 Å². The van der Waals surface area contributed by atoms with Crippen molar-refractivity contribution in [3.8, 4) is 0 Å². The minimum Gasteiger partial charge on any atom is -0.370 e. The van der Waals surface area contributed by atoms with Gasteiger partial charge in [0.1, 0.15) is 0 Å². The summed E-state index contributed by atoms with van der Waals surface area (Å²) in [6, 6.07) is 0. The number of thioether (sulfide) groups is 1. The summed E-state index contributed by atoms with van der Waals surface area (Å²) < 4.78 is 7.98. The van der Waals surface area contributed by atoms with Gasteiger partial charge in [-0.25, -0.2) is 0 Å². The molecule has 1 rings (SSSR count). The van der Waals surface area contributed by atoms with Gasteiger partial charge < -0.3 is 10.6 Å². The molecule has 17 heavy (non-hydrogen) atoms. The van der Waals surface area contributed by atoms with Crippen molar-refractivity contribution in [1.82, 2.24) is 19.4 Å². The predicted molar refractivity (Wildman–Crippen MR) is 68.2 cm³/mol. The summed E-state index contributed by atoms with van der Waals surface area (Å²) in [4.78, 5) is 9.75. The highest BCUT2D eigenvalue weighted by Crippen LogP contribution is 2.08. The Kier molecular flexibility index (Phi) is 6.33. The Morgan fingerprint density at radius 1 is 1.76 bits per heavy atom. The van der Waals surface area contributed by atoms with Crippen LogP contribution in [-0.4, -0.2) is 33.0 Å². The van der Waals surface area contributed by atoms with Crippen molar-refractivity contribution in [3.63, 3.8) is 0 Å². The van der Waals surface area contributed by atoms with Crippen molar-refractivity contribution >= 4 is 23.5 Å². The van der Waals surface area contributed by atoms with E-state index < -0.39 is 4.92 Å². The largest absolute Gasteiger partial charge is 0.370 e. The molecular formula is C8H13N5O2S2. The molecule has 0 bridgehead atoms. The highest BCUT2D eigenvalue weighted by molar-refractivity contribution is 7.98. The van der Waals surface area contributed by atoms with Crippen molar-refractivity contribution in [2.45, 2.75) is 5.75 Å². The molecule has 0 aliphatic heterocycles. The highest BCUT2D eigenvalue weighted by atomic mass is 32.2. The summed E-state index contributed by atoms with van der Waals surface area (Å²) in [5.41, 5.74) is 0.967. The molecule has 0 fully saturated rings. The maximum absolute atomic E-state index is 10.2. The van der Waals surface area contributed by atoms with Crippen LogP contribution in [-0.2, 0) is 5.75 Å².